The molecule has 82 valence electrons. The van der Waals surface area contributed by atoms with E-state index in [1.807, 2.05) is 0 Å². The molecule has 0 aliphatic heterocycles. The molecule has 0 saturated carbocycles. The first-order valence-electron chi connectivity index (χ1n) is 4.49. The van der Waals surface area contributed by atoms with E-state index < -0.39 is 11.6 Å². The van der Waals surface area contributed by atoms with Gasteiger partial charge in [-0.15, -0.1) is 0 Å². The highest BCUT2D eigenvalue weighted by Crippen LogP contribution is 2.36. The Kier molecular flexibility index (Phi) is 3.26. The quantitative estimate of drug-likeness (QED) is 0.692. The van der Waals surface area contributed by atoms with E-state index >= 15 is 0 Å². The molecule has 0 spiro atoms. The molecule has 0 fully saturated rings. The van der Waals surface area contributed by atoms with Gasteiger partial charge >= 0.3 is 0 Å². The fourth-order valence-electron chi connectivity index (χ4n) is 1.45. The second kappa shape index (κ2) is 4.52. The Labute approximate surface area is 105 Å². The van der Waals surface area contributed by atoms with E-state index in [9.17, 15) is 8.78 Å². The van der Waals surface area contributed by atoms with Crippen LogP contribution in [-0.2, 0) is 0 Å². The summed E-state index contributed by atoms with van der Waals surface area (Å²) in [7, 11) is 0. The Bertz CT molecular complexity index is 520. The van der Waals surface area contributed by atoms with Crippen molar-refractivity contribution in [3.8, 4) is 11.1 Å². The van der Waals surface area contributed by atoms with Gasteiger partial charge in [0.2, 0.25) is 0 Å². The van der Waals surface area contributed by atoms with Gasteiger partial charge in [0.05, 0.1) is 9.50 Å². The SMILES string of the molecule is Fc1cccc(-c2c(F)cccc2Cl)c1Br. The summed E-state index contributed by atoms with van der Waals surface area (Å²) >= 11 is 8.99. The molecule has 16 heavy (non-hydrogen) atoms. The van der Waals surface area contributed by atoms with Gasteiger partial charge < -0.3 is 0 Å². The lowest BCUT2D eigenvalue weighted by Gasteiger charge is -2.08. The number of benzene rings is 2. The van der Waals surface area contributed by atoms with Crippen LogP contribution < -0.4 is 0 Å². The van der Waals surface area contributed by atoms with Crippen molar-refractivity contribution in [1.82, 2.24) is 0 Å². The van der Waals surface area contributed by atoms with E-state index in [1.54, 1.807) is 12.1 Å². The third-order valence-corrected chi connectivity index (χ3v) is 3.30. The van der Waals surface area contributed by atoms with Crippen molar-refractivity contribution in [3.05, 3.63) is 57.5 Å². The normalized spacial score (nSPS) is 10.5. The lowest BCUT2D eigenvalue weighted by molar-refractivity contribution is 0.619. The highest BCUT2D eigenvalue weighted by atomic mass is 79.9. The Morgan fingerprint density at radius 3 is 2.25 bits per heavy atom. The van der Waals surface area contributed by atoms with E-state index in [-0.39, 0.29) is 15.1 Å². The van der Waals surface area contributed by atoms with E-state index in [4.69, 9.17) is 11.6 Å². The average Bonchev–Trinajstić information content (AvgIpc) is 2.24. The molecule has 0 bridgehead atoms. The van der Waals surface area contributed by atoms with E-state index in [0.29, 0.717) is 5.56 Å². The predicted octanol–water partition coefficient (Wildman–Crippen LogP) is 5.05. The molecule has 0 saturated heterocycles. The summed E-state index contributed by atoms with van der Waals surface area (Å²) in [6.45, 7) is 0. The smallest absolute Gasteiger partial charge is 0.138 e. The van der Waals surface area contributed by atoms with Gasteiger partial charge in [0.1, 0.15) is 11.6 Å². The van der Waals surface area contributed by atoms with Gasteiger partial charge in [-0.2, -0.15) is 0 Å². The van der Waals surface area contributed by atoms with Crippen molar-refractivity contribution >= 4 is 27.5 Å². The van der Waals surface area contributed by atoms with Crippen LogP contribution in [0.15, 0.2) is 40.9 Å². The van der Waals surface area contributed by atoms with Gasteiger partial charge in [-0.1, -0.05) is 29.8 Å². The second-order valence-electron chi connectivity index (χ2n) is 3.20. The minimum Gasteiger partial charge on any atom is -0.206 e. The molecule has 0 heterocycles. The maximum Gasteiger partial charge on any atom is 0.138 e. The number of hydrogen-bond donors (Lipinski definition) is 0. The summed E-state index contributed by atoms with van der Waals surface area (Å²) in [6, 6.07) is 8.78. The Morgan fingerprint density at radius 1 is 0.938 bits per heavy atom. The molecule has 0 aliphatic carbocycles. The van der Waals surface area contributed by atoms with Crippen LogP contribution in [0.2, 0.25) is 5.02 Å². The molecule has 0 unspecified atom stereocenters. The molecule has 0 nitrogen and oxygen atoms in total. The fourth-order valence-corrected chi connectivity index (χ4v) is 2.18. The molecule has 2 aromatic carbocycles. The summed E-state index contributed by atoms with van der Waals surface area (Å²) < 4.78 is 27.1. The molecule has 0 radical (unpaired) electrons. The topological polar surface area (TPSA) is 0 Å². The molecular formula is C12H6BrClF2. The van der Waals surface area contributed by atoms with Crippen LogP contribution in [-0.4, -0.2) is 0 Å². The van der Waals surface area contributed by atoms with Crippen LogP contribution in [0.4, 0.5) is 8.78 Å². The van der Waals surface area contributed by atoms with Gasteiger partial charge in [-0.05, 0) is 34.1 Å². The molecule has 2 aromatic rings. The van der Waals surface area contributed by atoms with E-state index in [0.717, 1.165) is 0 Å². The van der Waals surface area contributed by atoms with Crippen LogP contribution >= 0.6 is 27.5 Å². The van der Waals surface area contributed by atoms with Crippen molar-refractivity contribution in [2.24, 2.45) is 0 Å². The maximum absolute atomic E-state index is 13.6. The summed E-state index contributed by atoms with van der Waals surface area (Å²) in [5.74, 6) is -0.921. The first-order valence-corrected chi connectivity index (χ1v) is 5.66. The average molecular weight is 304 g/mol. The van der Waals surface area contributed by atoms with Crippen molar-refractivity contribution in [1.29, 1.82) is 0 Å². The van der Waals surface area contributed by atoms with E-state index in [1.165, 1.54) is 24.3 Å². The van der Waals surface area contributed by atoms with Gasteiger partial charge in [0, 0.05) is 11.1 Å². The Balaban J connectivity index is 2.73. The lowest BCUT2D eigenvalue weighted by atomic mass is 10.1. The molecule has 0 aromatic heterocycles. The van der Waals surface area contributed by atoms with Crippen molar-refractivity contribution < 1.29 is 8.78 Å². The zero-order chi connectivity index (χ0) is 11.7. The van der Waals surface area contributed by atoms with Crippen LogP contribution in [0.1, 0.15) is 0 Å². The molecule has 0 N–H and O–H groups in total. The Hall–Kier alpha value is -0.930. The highest BCUT2D eigenvalue weighted by Gasteiger charge is 2.14. The lowest BCUT2D eigenvalue weighted by Crippen LogP contribution is -1.89. The molecule has 2 rings (SSSR count). The second-order valence-corrected chi connectivity index (χ2v) is 4.40. The molecular weight excluding hydrogens is 297 g/mol. The van der Waals surface area contributed by atoms with Crippen molar-refractivity contribution in [3.63, 3.8) is 0 Å². The molecule has 0 amide bonds. The summed E-state index contributed by atoms with van der Waals surface area (Å²) in [5, 5.41) is 0.256. The molecule has 4 heteroatoms. The van der Waals surface area contributed by atoms with Crippen LogP contribution in [0.5, 0.6) is 0 Å². The standard InChI is InChI=1S/C12H6BrClF2/c13-12-7(3-1-6-10(12)16)11-8(14)4-2-5-9(11)15/h1-6H. The number of rotatable bonds is 1. The van der Waals surface area contributed by atoms with E-state index in [2.05, 4.69) is 15.9 Å². The summed E-state index contributed by atoms with van der Waals surface area (Å²) in [4.78, 5) is 0. The van der Waals surface area contributed by atoms with Crippen molar-refractivity contribution in [2.45, 2.75) is 0 Å². The summed E-state index contributed by atoms with van der Waals surface area (Å²) in [6.07, 6.45) is 0. The molecule has 0 atom stereocenters. The van der Waals surface area contributed by atoms with Gasteiger partial charge in [0.25, 0.3) is 0 Å². The van der Waals surface area contributed by atoms with Crippen molar-refractivity contribution in [2.75, 3.05) is 0 Å². The van der Waals surface area contributed by atoms with Crippen LogP contribution in [0, 0.1) is 11.6 Å². The first-order chi connectivity index (χ1) is 7.61. The minimum atomic E-state index is -0.473. The zero-order valence-electron chi connectivity index (χ0n) is 7.98. The predicted molar refractivity (Wildman–Crippen MR) is 64.5 cm³/mol. The zero-order valence-corrected chi connectivity index (χ0v) is 10.3. The minimum absolute atomic E-state index is 0.204. The monoisotopic (exact) mass is 302 g/mol. The molecule has 0 aliphatic rings. The fraction of sp³-hybridized carbons (Fsp3) is 0. The number of halogens is 4. The first kappa shape index (κ1) is 11.6. The third-order valence-electron chi connectivity index (χ3n) is 2.18. The van der Waals surface area contributed by atoms with Crippen LogP contribution in [0.3, 0.4) is 0 Å². The number of hydrogen-bond acceptors (Lipinski definition) is 0. The maximum atomic E-state index is 13.6. The van der Waals surface area contributed by atoms with Gasteiger partial charge in [-0.3, -0.25) is 0 Å². The summed E-state index contributed by atoms with van der Waals surface area (Å²) in [5.41, 5.74) is 0.610. The Morgan fingerprint density at radius 2 is 1.56 bits per heavy atom. The van der Waals surface area contributed by atoms with Gasteiger partial charge in [-0.25, -0.2) is 8.78 Å². The van der Waals surface area contributed by atoms with Gasteiger partial charge in [0.15, 0.2) is 0 Å². The third kappa shape index (κ3) is 1.97. The largest absolute Gasteiger partial charge is 0.206 e. The highest BCUT2D eigenvalue weighted by molar-refractivity contribution is 9.10. The van der Waals surface area contributed by atoms with Crippen LogP contribution in [0.25, 0.3) is 11.1 Å².